The number of nitrogens with zero attached hydrogens (tertiary/aromatic N) is 1. The van der Waals surface area contributed by atoms with E-state index in [2.05, 4.69) is 5.32 Å². The van der Waals surface area contributed by atoms with Gasteiger partial charge in [-0.2, -0.15) is 5.26 Å². The first kappa shape index (κ1) is 18.6. The highest BCUT2D eigenvalue weighted by atomic mass is 19.1. The van der Waals surface area contributed by atoms with Crippen molar-refractivity contribution in [2.24, 2.45) is 5.92 Å². The molecule has 2 unspecified atom stereocenters. The molecule has 1 rings (SSSR count). The number of hydrogen-bond donors (Lipinski definition) is 1. The molecule has 0 fully saturated rings. The zero-order valence-electron chi connectivity index (χ0n) is 13.9. The Morgan fingerprint density at radius 3 is 2.39 bits per heavy atom. The molecule has 23 heavy (non-hydrogen) atoms. The molecule has 1 N–H and O–H groups in total. The Bertz CT molecular complexity index is 644. The minimum absolute atomic E-state index is 0.117. The van der Waals surface area contributed by atoms with Gasteiger partial charge in [-0.05, 0) is 45.9 Å². The number of ketones is 1. The highest BCUT2D eigenvalue weighted by molar-refractivity contribution is 5.98. The lowest BCUT2D eigenvalue weighted by atomic mass is 9.93. The van der Waals surface area contributed by atoms with E-state index in [1.807, 2.05) is 0 Å². The van der Waals surface area contributed by atoms with E-state index < -0.39 is 29.5 Å². The second kappa shape index (κ2) is 7.23. The first-order chi connectivity index (χ1) is 10.5. The summed E-state index contributed by atoms with van der Waals surface area (Å²) in [6, 6.07) is 4.92. The average molecular weight is 320 g/mol. The Labute approximate surface area is 135 Å². The Hall–Kier alpha value is -2.42. The summed E-state index contributed by atoms with van der Waals surface area (Å²) in [5, 5.41) is 11.3. The molecule has 124 valence electrons. The molecule has 0 aliphatic carbocycles. The first-order valence-electron chi connectivity index (χ1n) is 7.28. The van der Waals surface area contributed by atoms with E-state index >= 15 is 0 Å². The largest absolute Gasteiger partial charge is 0.444 e. The molecule has 0 radical (unpaired) electrons. The molecule has 5 nitrogen and oxygen atoms in total. The third-order valence-corrected chi connectivity index (χ3v) is 3.28. The number of carbonyl (C=O) groups is 2. The van der Waals surface area contributed by atoms with Crippen LogP contribution in [0.1, 0.15) is 50.5 Å². The van der Waals surface area contributed by atoms with Gasteiger partial charge in [0.2, 0.25) is 0 Å². The summed E-state index contributed by atoms with van der Waals surface area (Å²) in [5.74, 6) is -1.63. The van der Waals surface area contributed by atoms with Gasteiger partial charge in [-0.15, -0.1) is 0 Å². The number of halogens is 1. The number of nitrogens with one attached hydrogen (secondary N) is 1. The van der Waals surface area contributed by atoms with Crippen LogP contribution in [-0.4, -0.2) is 23.5 Å². The van der Waals surface area contributed by atoms with Crippen LogP contribution >= 0.6 is 0 Å². The molecule has 6 heteroatoms. The highest BCUT2D eigenvalue weighted by Crippen LogP contribution is 2.16. The molecule has 1 amide bonds. The summed E-state index contributed by atoms with van der Waals surface area (Å²) >= 11 is 0. The molecule has 0 saturated heterocycles. The Balaban J connectivity index is 2.78. The highest BCUT2D eigenvalue weighted by Gasteiger charge is 2.25. The zero-order chi connectivity index (χ0) is 17.8. The van der Waals surface area contributed by atoms with E-state index in [0.29, 0.717) is 0 Å². The van der Waals surface area contributed by atoms with Crippen molar-refractivity contribution in [1.29, 1.82) is 5.26 Å². The van der Waals surface area contributed by atoms with E-state index in [4.69, 9.17) is 10.00 Å². The lowest BCUT2D eigenvalue weighted by Gasteiger charge is -2.24. The van der Waals surface area contributed by atoms with Crippen LogP contribution in [0.3, 0.4) is 0 Å². The number of nitriles is 1. The average Bonchev–Trinajstić information content (AvgIpc) is 2.43. The molecule has 0 heterocycles. The summed E-state index contributed by atoms with van der Waals surface area (Å²) in [6.07, 6.45) is -0.615. The van der Waals surface area contributed by atoms with Gasteiger partial charge >= 0.3 is 6.09 Å². The van der Waals surface area contributed by atoms with E-state index in [-0.39, 0.29) is 16.9 Å². The van der Waals surface area contributed by atoms with Crippen LogP contribution in [0.2, 0.25) is 0 Å². The predicted molar refractivity (Wildman–Crippen MR) is 83.4 cm³/mol. The number of Topliss-reactive ketones (excluding diaryl/α,β-unsaturated/α-hetero) is 1. The number of carbonyl (C=O) groups excluding carboxylic acids is 2. The van der Waals surface area contributed by atoms with E-state index in [1.165, 1.54) is 12.1 Å². The van der Waals surface area contributed by atoms with Crippen molar-refractivity contribution in [3.05, 3.63) is 35.1 Å². The number of ether oxygens (including phenoxy) is 1. The van der Waals surface area contributed by atoms with Crippen LogP contribution in [0.5, 0.6) is 0 Å². The van der Waals surface area contributed by atoms with Crippen molar-refractivity contribution in [2.45, 2.75) is 46.3 Å². The van der Waals surface area contributed by atoms with Crippen LogP contribution in [0.15, 0.2) is 18.2 Å². The van der Waals surface area contributed by atoms with Crippen molar-refractivity contribution < 1.29 is 18.7 Å². The van der Waals surface area contributed by atoms with Gasteiger partial charge in [0.05, 0.1) is 5.56 Å². The van der Waals surface area contributed by atoms with E-state index in [0.717, 1.165) is 6.07 Å². The monoisotopic (exact) mass is 320 g/mol. The number of amides is 1. The van der Waals surface area contributed by atoms with E-state index in [9.17, 15) is 14.0 Å². The van der Waals surface area contributed by atoms with Gasteiger partial charge in [0.25, 0.3) is 0 Å². The lowest BCUT2D eigenvalue weighted by molar-refractivity contribution is 0.0492. The molecule has 0 bridgehead atoms. The first-order valence-corrected chi connectivity index (χ1v) is 7.28. The van der Waals surface area contributed by atoms with Crippen molar-refractivity contribution in [2.75, 3.05) is 0 Å². The van der Waals surface area contributed by atoms with Crippen LogP contribution in [0.25, 0.3) is 0 Å². The SMILES string of the molecule is CC(NC(=O)OC(C)(C)C)C(C)C(=O)c1ccc(C#N)c(F)c1. The molecule has 0 aliphatic heterocycles. The van der Waals surface area contributed by atoms with Crippen LogP contribution < -0.4 is 5.32 Å². The molecule has 2 atom stereocenters. The van der Waals surface area contributed by atoms with Gasteiger partial charge in [-0.25, -0.2) is 9.18 Å². The van der Waals surface area contributed by atoms with Crippen molar-refractivity contribution in [1.82, 2.24) is 5.32 Å². The number of rotatable bonds is 4. The lowest BCUT2D eigenvalue weighted by Crippen LogP contribution is -2.42. The molecule has 0 aromatic heterocycles. The van der Waals surface area contributed by atoms with Gasteiger partial charge in [0.15, 0.2) is 5.78 Å². The predicted octanol–water partition coefficient (Wildman–Crippen LogP) is 3.43. The number of hydrogen-bond acceptors (Lipinski definition) is 4. The summed E-state index contributed by atoms with van der Waals surface area (Å²) < 4.78 is 18.7. The van der Waals surface area contributed by atoms with Crippen LogP contribution in [0.4, 0.5) is 9.18 Å². The number of benzene rings is 1. The zero-order valence-corrected chi connectivity index (χ0v) is 13.9. The summed E-state index contributed by atoms with van der Waals surface area (Å²) in [7, 11) is 0. The van der Waals surface area contributed by atoms with Gasteiger partial charge in [-0.3, -0.25) is 4.79 Å². The molecule has 0 saturated carbocycles. The Morgan fingerprint density at radius 1 is 1.30 bits per heavy atom. The van der Waals surface area contributed by atoms with Gasteiger partial charge in [0, 0.05) is 17.5 Å². The summed E-state index contributed by atoms with van der Waals surface area (Å²) in [5.41, 5.74) is -0.589. The van der Waals surface area contributed by atoms with Crippen molar-refractivity contribution in [3.8, 4) is 6.07 Å². The minimum Gasteiger partial charge on any atom is -0.444 e. The van der Waals surface area contributed by atoms with Crippen molar-refractivity contribution in [3.63, 3.8) is 0 Å². The molecule has 0 aliphatic rings. The minimum atomic E-state index is -0.738. The molecular weight excluding hydrogens is 299 g/mol. The maximum atomic E-state index is 13.6. The van der Waals surface area contributed by atoms with Crippen LogP contribution in [0, 0.1) is 23.1 Å². The maximum absolute atomic E-state index is 13.6. The Kier molecular flexibility index (Phi) is 5.85. The van der Waals surface area contributed by atoms with Gasteiger partial charge < -0.3 is 10.1 Å². The topological polar surface area (TPSA) is 79.2 Å². The quantitative estimate of drug-likeness (QED) is 0.862. The summed E-state index contributed by atoms with van der Waals surface area (Å²) in [4.78, 5) is 24.1. The smallest absolute Gasteiger partial charge is 0.407 e. The molecule has 1 aromatic carbocycles. The fraction of sp³-hybridized carbons (Fsp3) is 0.471. The van der Waals surface area contributed by atoms with Gasteiger partial charge in [0.1, 0.15) is 17.5 Å². The number of alkyl carbamates (subject to hydrolysis) is 1. The fourth-order valence-electron chi connectivity index (χ4n) is 1.87. The third-order valence-electron chi connectivity index (χ3n) is 3.28. The molecular formula is C17H21FN2O3. The third kappa shape index (κ3) is 5.37. The summed E-state index contributed by atoms with van der Waals surface area (Å²) in [6.45, 7) is 8.54. The Morgan fingerprint density at radius 2 is 1.91 bits per heavy atom. The molecule has 1 aromatic rings. The second-order valence-corrected chi connectivity index (χ2v) is 6.39. The maximum Gasteiger partial charge on any atom is 0.407 e. The van der Waals surface area contributed by atoms with E-state index in [1.54, 1.807) is 40.7 Å². The molecule has 0 spiro atoms. The van der Waals surface area contributed by atoms with Crippen LogP contribution in [-0.2, 0) is 4.74 Å². The van der Waals surface area contributed by atoms with Crippen molar-refractivity contribution >= 4 is 11.9 Å². The normalized spacial score (nSPS) is 13.6. The second-order valence-electron chi connectivity index (χ2n) is 6.39. The fourth-order valence-corrected chi connectivity index (χ4v) is 1.87. The standard InChI is InChI=1S/C17H21FN2O3/c1-10(11(2)20-16(22)23-17(3,4)5)15(21)12-6-7-13(9-19)14(18)8-12/h6-8,10-11H,1-5H3,(H,20,22). The van der Waals surface area contributed by atoms with Gasteiger partial charge in [-0.1, -0.05) is 6.92 Å².